The number of carbonyl (C=O) groups excluding carboxylic acids is 1. The van der Waals surface area contributed by atoms with E-state index in [0.29, 0.717) is 61.5 Å². The van der Waals surface area contributed by atoms with Crippen molar-refractivity contribution in [3.63, 3.8) is 0 Å². The molecule has 0 spiro atoms. The molecule has 3 aromatic carbocycles. The molecule has 238 valence electrons. The number of fused-ring (bicyclic) bond motifs is 1. The Balaban J connectivity index is 1.22. The van der Waals surface area contributed by atoms with Gasteiger partial charge < -0.3 is 9.64 Å². The first-order chi connectivity index (χ1) is 22.3. The van der Waals surface area contributed by atoms with Crippen LogP contribution < -0.4 is 4.74 Å². The number of ether oxygens (including phenoxy) is 1. The second-order valence-corrected chi connectivity index (χ2v) is 11.6. The molecule has 5 aromatic rings. The number of aromatic nitrogens is 4. The van der Waals surface area contributed by atoms with Crippen LogP contribution in [-0.2, 0) is 17.8 Å². The lowest BCUT2D eigenvalue weighted by atomic mass is 9.90. The third kappa shape index (κ3) is 7.16. The number of carbonyl (C=O) groups is 1. The summed E-state index contributed by atoms with van der Waals surface area (Å²) in [5.74, 6) is -1.24. The molecule has 0 aliphatic carbocycles. The van der Waals surface area contributed by atoms with Gasteiger partial charge in [0.2, 0.25) is 5.28 Å². The Labute approximate surface area is 269 Å². The largest absolute Gasteiger partial charge is 0.490 e. The molecule has 12 heteroatoms. The first-order valence-electron chi connectivity index (χ1n) is 15.0. The zero-order chi connectivity index (χ0) is 32.1. The van der Waals surface area contributed by atoms with E-state index in [9.17, 15) is 18.0 Å². The van der Waals surface area contributed by atoms with Gasteiger partial charge in [-0.05, 0) is 66.3 Å². The first kappa shape index (κ1) is 31.5. The molecule has 2 aromatic heterocycles. The highest BCUT2D eigenvalue weighted by atomic mass is 35.5. The second-order valence-electron chi connectivity index (χ2n) is 11.2. The third-order valence-electron chi connectivity index (χ3n) is 8.38. The van der Waals surface area contributed by atoms with Gasteiger partial charge in [-0.3, -0.25) is 14.7 Å². The fraction of sp³-hybridized carbons (Fsp3) is 0.294. The predicted molar refractivity (Wildman–Crippen MR) is 169 cm³/mol. The zero-order valence-corrected chi connectivity index (χ0v) is 25.6. The van der Waals surface area contributed by atoms with Crippen LogP contribution in [0.2, 0.25) is 5.28 Å². The van der Waals surface area contributed by atoms with Crippen molar-refractivity contribution >= 4 is 28.4 Å². The van der Waals surface area contributed by atoms with Gasteiger partial charge in [-0.2, -0.15) is 23.0 Å². The van der Waals surface area contributed by atoms with Crippen molar-refractivity contribution in [2.45, 2.75) is 44.1 Å². The van der Waals surface area contributed by atoms with Crippen LogP contribution >= 0.6 is 11.6 Å². The summed E-state index contributed by atoms with van der Waals surface area (Å²) in [5.41, 5.74) is 3.02. The van der Waals surface area contributed by atoms with Gasteiger partial charge in [0, 0.05) is 43.3 Å². The van der Waals surface area contributed by atoms with Gasteiger partial charge in [-0.25, -0.2) is 4.98 Å². The van der Waals surface area contributed by atoms with E-state index in [1.165, 1.54) is 11.0 Å². The predicted octanol–water partition coefficient (Wildman–Crippen LogP) is 6.51. The van der Waals surface area contributed by atoms with Crippen LogP contribution in [0, 0.1) is 0 Å². The molecule has 6 rings (SSSR count). The number of rotatable bonds is 10. The van der Waals surface area contributed by atoms with Crippen LogP contribution in [-0.4, -0.2) is 73.4 Å². The summed E-state index contributed by atoms with van der Waals surface area (Å²) in [4.78, 5) is 24.5. The van der Waals surface area contributed by atoms with Gasteiger partial charge in [-0.1, -0.05) is 60.7 Å². The van der Waals surface area contributed by atoms with Crippen LogP contribution in [0.3, 0.4) is 0 Å². The average molecular weight is 649 g/mol. The summed E-state index contributed by atoms with van der Waals surface area (Å²) in [6, 6.07) is 25.4. The molecule has 1 saturated heterocycles. The maximum absolute atomic E-state index is 14.0. The lowest BCUT2D eigenvalue weighted by molar-refractivity contribution is -0.189. The van der Waals surface area contributed by atoms with Crippen LogP contribution in [0.25, 0.3) is 16.6 Å². The Morgan fingerprint density at radius 2 is 1.74 bits per heavy atom. The van der Waals surface area contributed by atoms with Gasteiger partial charge in [0.05, 0.1) is 5.52 Å². The molecule has 0 N–H and O–H groups in total. The number of para-hydroxylation sites is 3. The van der Waals surface area contributed by atoms with Crippen molar-refractivity contribution in [2.24, 2.45) is 0 Å². The molecule has 1 fully saturated rings. The molecular formula is C34H32ClF3N6O2. The fourth-order valence-corrected chi connectivity index (χ4v) is 6.35. The molecule has 2 unspecified atom stereocenters. The monoisotopic (exact) mass is 648 g/mol. The lowest BCUT2D eigenvalue weighted by Gasteiger charge is -2.44. The maximum atomic E-state index is 14.0. The van der Waals surface area contributed by atoms with E-state index >= 15 is 0 Å². The molecule has 1 aliphatic heterocycles. The second kappa shape index (κ2) is 13.9. The summed E-state index contributed by atoms with van der Waals surface area (Å²) in [6.45, 7) is 1.20. The summed E-state index contributed by atoms with van der Waals surface area (Å²) in [6.07, 6.45) is -0.672. The SMILES string of the molecule is O=C(N(Cc1ccnc2ccccc12)C1CCN(CCOc2ccccc2-n2ncnc2Cl)C(Cc2ccccc2)C1)C(F)(F)F. The highest BCUT2D eigenvalue weighted by molar-refractivity contribution is 6.28. The summed E-state index contributed by atoms with van der Waals surface area (Å²) in [5, 5.41) is 5.11. The number of nitrogens with zero attached hydrogens (tertiary/aromatic N) is 6. The normalized spacial score (nSPS) is 17.2. The number of alkyl halides is 3. The zero-order valence-electron chi connectivity index (χ0n) is 24.9. The molecule has 0 bridgehead atoms. The minimum absolute atomic E-state index is 0.123. The van der Waals surface area contributed by atoms with E-state index in [0.717, 1.165) is 15.8 Å². The molecule has 0 radical (unpaired) electrons. The van der Waals surface area contributed by atoms with Crippen molar-refractivity contribution in [2.75, 3.05) is 19.7 Å². The molecule has 1 aliphatic rings. The molecule has 46 heavy (non-hydrogen) atoms. The van der Waals surface area contributed by atoms with E-state index < -0.39 is 18.1 Å². The smallest absolute Gasteiger partial charge is 0.471 e. The van der Waals surface area contributed by atoms with E-state index in [-0.39, 0.29) is 17.9 Å². The number of piperidine rings is 1. The summed E-state index contributed by atoms with van der Waals surface area (Å²) < 4.78 is 49.8. The van der Waals surface area contributed by atoms with Crippen LogP contribution in [0.1, 0.15) is 24.0 Å². The Bertz CT molecular complexity index is 1780. The molecule has 8 nitrogen and oxygen atoms in total. The van der Waals surface area contributed by atoms with Gasteiger partial charge >= 0.3 is 12.1 Å². The fourth-order valence-electron chi connectivity index (χ4n) is 6.18. The number of benzene rings is 3. The van der Waals surface area contributed by atoms with Gasteiger partial charge in [0.1, 0.15) is 24.4 Å². The van der Waals surface area contributed by atoms with Crippen LogP contribution in [0.4, 0.5) is 13.2 Å². The Hall–Kier alpha value is -4.48. The van der Waals surface area contributed by atoms with E-state index in [1.54, 1.807) is 12.3 Å². The summed E-state index contributed by atoms with van der Waals surface area (Å²) >= 11 is 6.19. The summed E-state index contributed by atoms with van der Waals surface area (Å²) in [7, 11) is 0. The maximum Gasteiger partial charge on any atom is 0.471 e. The minimum atomic E-state index is -5.00. The van der Waals surface area contributed by atoms with Crippen molar-refractivity contribution in [1.29, 1.82) is 0 Å². The molecule has 1 amide bonds. The minimum Gasteiger partial charge on any atom is -0.490 e. The number of hydrogen-bond donors (Lipinski definition) is 0. The highest BCUT2D eigenvalue weighted by Gasteiger charge is 2.46. The quantitative estimate of drug-likeness (QED) is 0.172. The van der Waals surface area contributed by atoms with Gasteiger partial charge in [0.15, 0.2) is 0 Å². The van der Waals surface area contributed by atoms with Crippen molar-refractivity contribution < 1.29 is 22.7 Å². The van der Waals surface area contributed by atoms with Crippen molar-refractivity contribution in [3.8, 4) is 11.4 Å². The van der Waals surface area contributed by atoms with Crippen molar-refractivity contribution in [3.05, 3.63) is 114 Å². The van der Waals surface area contributed by atoms with Gasteiger partial charge in [0.25, 0.3) is 0 Å². The molecule has 3 heterocycles. The van der Waals surface area contributed by atoms with Gasteiger partial charge in [-0.15, -0.1) is 0 Å². The van der Waals surface area contributed by atoms with E-state index in [1.807, 2.05) is 78.9 Å². The third-order valence-corrected chi connectivity index (χ3v) is 8.64. The first-order valence-corrected chi connectivity index (χ1v) is 15.4. The Morgan fingerprint density at radius 3 is 2.52 bits per heavy atom. The Kier molecular flexibility index (Phi) is 9.51. The molecule has 0 saturated carbocycles. The number of halogens is 4. The van der Waals surface area contributed by atoms with Crippen molar-refractivity contribution in [1.82, 2.24) is 29.5 Å². The molecular weight excluding hydrogens is 617 g/mol. The van der Waals surface area contributed by atoms with Crippen LogP contribution in [0.15, 0.2) is 97.5 Å². The molecule has 2 atom stereocenters. The highest BCUT2D eigenvalue weighted by Crippen LogP contribution is 2.31. The van der Waals surface area contributed by atoms with E-state index in [4.69, 9.17) is 16.3 Å². The number of amides is 1. The van der Waals surface area contributed by atoms with Crippen LogP contribution in [0.5, 0.6) is 5.75 Å². The number of hydrogen-bond acceptors (Lipinski definition) is 6. The van der Waals surface area contributed by atoms with E-state index in [2.05, 4.69) is 20.0 Å². The standard InChI is InChI=1S/C34H32ClF3N6O2/c35-33-40-23-41-44(33)30-12-6-7-13-31(30)46-19-18-42-17-15-26(21-27(42)20-24-8-2-1-3-9-24)43(32(45)34(36,37)38)22-25-14-16-39-29-11-5-4-10-28(25)29/h1-14,16,23,26-27H,15,17-22H2. The Morgan fingerprint density at radius 1 is 0.978 bits per heavy atom. The number of pyridine rings is 1. The number of likely N-dealkylation sites (tertiary alicyclic amines) is 1. The topological polar surface area (TPSA) is 76.4 Å². The lowest BCUT2D eigenvalue weighted by Crippen LogP contribution is -2.55. The average Bonchev–Trinajstić information content (AvgIpc) is 3.49.